The predicted molar refractivity (Wildman–Crippen MR) is 105 cm³/mol. The molecule has 0 atom stereocenters. The number of hydrogen-bond acceptors (Lipinski definition) is 3. The third-order valence-corrected chi connectivity index (χ3v) is 5.08. The molecule has 0 saturated heterocycles. The van der Waals surface area contributed by atoms with Crippen LogP contribution < -0.4 is 10.6 Å². The largest absolute Gasteiger partial charge is 0.354 e. The number of aliphatic imine (C=N–C) groups is 1. The average Bonchev–Trinajstić information content (AvgIpc) is 2.98. The van der Waals surface area contributed by atoms with Gasteiger partial charge in [-0.05, 0) is 32.3 Å². The van der Waals surface area contributed by atoms with Crippen LogP contribution in [0, 0.1) is 13.8 Å². The Balaban J connectivity index is 1.66. The number of nitrogens with zero attached hydrogens (tertiary/aromatic N) is 4. The van der Waals surface area contributed by atoms with Gasteiger partial charge in [0.15, 0.2) is 11.8 Å². The second-order valence-electron chi connectivity index (χ2n) is 7.21. The van der Waals surface area contributed by atoms with Gasteiger partial charge in [0, 0.05) is 13.1 Å². The van der Waals surface area contributed by atoms with E-state index in [4.69, 9.17) is 4.99 Å². The lowest BCUT2D eigenvalue weighted by atomic mass is 9.96. The summed E-state index contributed by atoms with van der Waals surface area (Å²) in [5, 5.41) is 15.4. The number of hydrogen-bond donors (Lipinski definition) is 2. The molecule has 1 aliphatic rings. The lowest BCUT2D eigenvalue weighted by molar-refractivity contribution is 0.409. The van der Waals surface area contributed by atoms with Crippen LogP contribution in [0.4, 0.5) is 0 Å². The molecule has 1 saturated carbocycles. The van der Waals surface area contributed by atoms with E-state index >= 15 is 0 Å². The normalized spacial score (nSPS) is 15.9. The van der Waals surface area contributed by atoms with E-state index in [0.29, 0.717) is 19.1 Å². The quantitative estimate of drug-likeness (QED) is 0.640. The minimum atomic E-state index is 0.509. The second-order valence-corrected chi connectivity index (χ2v) is 7.21. The fourth-order valence-electron chi connectivity index (χ4n) is 3.22. The fraction of sp³-hybridized carbons (Fsp3) is 0.550. The van der Waals surface area contributed by atoms with Gasteiger partial charge in [0.1, 0.15) is 5.82 Å². The first kappa shape index (κ1) is 18.4. The molecule has 3 rings (SSSR count). The molecular formula is C20H30N6. The first-order valence-electron chi connectivity index (χ1n) is 9.57. The van der Waals surface area contributed by atoms with Crippen LogP contribution in [0.3, 0.4) is 0 Å². The van der Waals surface area contributed by atoms with Gasteiger partial charge < -0.3 is 15.2 Å². The van der Waals surface area contributed by atoms with Gasteiger partial charge in [-0.2, -0.15) is 0 Å². The zero-order valence-electron chi connectivity index (χ0n) is 16.1. The van der Waals surface area contributed by atoms with Gasteiger partial charge in [-0.1, -0.05) is 49.1 Å². The summed E-state index contributed by atoms with van der Waals surface area (Å²) < 4.78 is 2.01. The van der Waals surface area contributed by atoms with Crippen molar-refractivity contribution < 1.29 is 0 Å². The van der Waals surface area contributed by atoms with Gasteiger partial charge in [-0.15, -0.1) is 10.2 Å². The van der Waals surface area contributed by atoms with E-state index in [2.05, 4.69) is 52.0 Å². The molecule has 0 bridgehead atoms. The Morgan fingerprint density at radius 3 is 2.50 bits per heavy atom. The zero-order chi connectivity index (χ0) is 18.4. The standard InChI is InChI=1S/C20H30N6/c1-15-9-11-17(12-10-15)13-21-20(23-18-7-5-4-6-8-18)22-14-19-25-24-16(2)26(19)3/h9-12,18H,4-8,13-14H2,1-3H3,(H2,21,22,23). The summed E-state index contributed by atoms with van der Waals surface area (Å²) in [6.07, 6.45) is 6.37. The minimum Gasteiger partial charge on any atom is -0.354 e. The minimum absolute atomic E-state index is 0.509. The first-order chi connectivity index (χ1) is 12.6. The number of rotatable bonds is 5. The monoisotopic (exact) mass is 354 g/mol. The molecule has 0 radical (unpaired) electrons. The van der Waals surface area contributed by atoms with Gasteiger partial charge >= 0.3 is 0 Å². The molecule has 1 aromatic heterocycles. The molecule has 0 aliphatic heterocycles. The number of benzene rings is 1. The lowest BCUT2D eigenvalue weighted by Crippen LogP contribution is -2.44. The Morgan fingerprint density at radius 1 is 1.12 bits per heavy atom. The van der Waals surface area contributed by atoms with Crippen molar-refractivity contribution in [1.29, 1.82) is 0 Å². The maximum Gasteiger partial charge on any atom is 0.192 e. The smallest absolute Gasteiger partial charge is 0.192 e. The topological polar surface area (TPSA) is 67.1 Å². The Labute approximate surface area is 156 Å². The van der Waals surface area contributed by atoms with Crippen LogP contribution in [0.1, 0.15) is 54.9 Å². The molecule has 0 spiro atoms. The van der Waals surface area contributed by atoms with Crippen molar-refractivity contribution in [3.63, 3.8) is 0 Å². The number of nitrogens with one attached hydrogen (secondary N) is 2. The Morgan fingerprint density at radius 2 is 1.85 bits per heavy atom. The van der Waals surface area contributed by atoms with Gasteiger partial charge in [0.25, 0.3) is 0 Å². The van der Waals surface area contributed by atoms with Crippen molar-refractivity contribution in [2.75, 3.05) is 0 Å². The van der Waals surface area contributed by atoms with E-state index in [-0.39, 0.29) is 0 Å². The number of guanidine groups is 1. The van der Waals surface area contributed by atoms with Gasteiger partial charge in [0.05, 0.1) is 13.1 Å². The van der Waals surface area contributed by atoms with Crippen molar-refractivity contribution in [2.45, 2.75) is 65.1 Å². The third-order valence-electron chi connectivity index (χ3n) is 5.08. The van der Waals surface area contributed by atoms with Gasteiger partial charge in [-0.25, -0.2) is 4.99 Å². The SMILES string of the molecule is Cc1ccc(CN=C(NCc2nnc(C)n2C)NC2CCCCC2)cc1. The van der Waals surface area contributed by atoms with E-state index in [1.54, 1.807) is 0 Å². The van der Waals surface area contributed by atoms with Crippen molar-refractivity contribution >= 4 is 5.96 Å². The fourth-order valence-corrected chi connectivity index (χ4v) is 3.22. The molecule has 0 amide bonds. The maximum absolute atomic E-state index is 4.81. The molecule has 2 N–H and O–H groups in total. The molecule has 1 aliphatic carbocycles. The van der Waals surface area contributed by atoms with Crippen LogP contribution in [-0.4, -0.2) is 26.8 Å². The molecule has 1 aromatic carbocycles. The number of aromatic nitrogens is 3. The van der Waals surface area contributed by atoms with Crippen molar-refractivity contribution in [1.82, 2.24) is 25.4 Å². The summed E-state index contributed by atoms with van der Waals surface area (Å²) in [6.45, 7) is 5.35. The van der Waals surface area contributed by atoms with E-state index < -0.39 is 0 Å². The Bertz CT molecular complexity index is 725. The predicted octanol–water partition coefficient (Wildman–Crippen LogP) is 3.00. The van der Waals surface area contributed by atoms with Crippen molar-refractivity contribution in [3.8, 4) is 0 Å². The summed E-state index contributed by atoms with van der Waals surface area (Å²) in [4.78, 5) is 4.81. The average molecular weight is 355 g/mol. The molecule has 6 heteroatoms. The highest BCUT2D eigenvalue weighted by atomic mass is 15.3. The first-order valence-corrected chi connectivity index (χ1v) is 9.57. The van der Waals surface area contributed by atoms with Crippen molar-refractivity contribution in [2.24, 2.45) is 12.0 Å². The van der Waals surface area contributed by atoms with Gasteiger partial charge in [-0.3, -0.25) is 0 Å². The summed E-state index contributed by atoms with van der Waals surface area (Å²) in [7, 11) is 1.99. The van der Waals surface area contributed by atoms with Gasteiger partial charge in [0.2, 0.25) is 0 Å². The second kappa shape index (κ2) is 8.83. The summed E-state index contributed by atoms with van der Waals surface area (Å²) >= 11 is 0. The lowest BCUT2D eigenvalue weighted by Gasteiger charge is -2.25. The highest BCUT2D eigenvalue weighted by molar-refractivity contribution is 5.80. The molecule has 1 heterocycles. The van der Waals surface area contributed by atoms with Crippen LogP contribution in [0.2, 0.25) is 0 Å². The van der Waals surface area contributed by atoms with Crippen molar-refractivity contribution in [3.05, 3.63) is 47.0 Å². The summed E-state index contributed by atoms with van der Waals surface area (Å²) in [5.74, 6) is 2.69. The van der Waals surface area contributed by atoms with Crippen LogP contribution in [0.15, 0.2) is 29.3 Å². The number of aryl methyl sites for hydroxylation is 2. The molecule has 1 fully saturated rings. The molecule has 2 aromatic rings. The Hall–Kier alpha value is -2.37. The highest BCUT2D eigenvalue weighted by Crippen LogP contribution is 2.17. The van der Waals surface area contributed by atoms with E-state index in [0.717, 1.165) is 17.6 Å². The molecular weight excluding hydrogens is 324 g/mol. The summed E-state index contributed by atoms with van der Waals surface area (Å²) in [5.41, 5.74) is 2.49. The highest BCUT2D eigenvalue weighted by Gasteiger charge is 2.15. The zero-order valence-corrected chi connectivity index (χ0v) is 16.1. The van der Waals surface area contributed by atoms with Crippen LogP contribution in [0.25, 0.3) is 0 Å². The maximum atomic E-state index is 4.81. The van der Waals surface area contributed by atoms with E-state index in [9.17, 15) is 0 Å². The van der Waals surface area contributed by atoms with Crippen LogP contribution in [-0.2, 0) is 20.1 Å². The summed E-state index contributed by atoms with van der Waals surface area (Å²) in [6, 6.07) is 9.06. The van der Waals surface area contributed by atoms with E-state index in [1.165, 1.54) is 43.2 Å². The Kier molecular flexibility index (Phi) is 6.26. The molecule has 6 nitrogen and oxygen atoms in total. The molecule has 26 heavy (non-hydrogen) atoms. The molecule has 140 valence electrons. The van der Waals surface area contributed by atoms with E-state index in [1.807, 2.05) is 18.5 Å². The van der Waals surface area contributed by atoms with Crippen LogP contribution in [0.5, 0.6) is 0 Å². The third kappa shape index (κ3) is 5.07. The molecule has 0 unspecified atom stereocenters. The van der Waals surface area contributed by atoms with Crippen LogP contribution >= 0.6 is 0 Å².